The number of nitrogens with one attached hydrogen (secondary N) is 2. The Bertz CT molecular complexity index is 1170. The normalized spacial score (nSPS) is 15.0. The minimum absolute atomic E-state index is 0.308. The van der Waals surface area contributed by atoms with Crippen LogP contribution in [-0.4, -0.2) is 11.8 Å². The molecule has 3 aromatic rings. The Hall–Kier alpha value is -2.70. The van der Waals surface area contributed by atoms with Gasteiger partial charge in [-0.2, -0.15) is 0 Å². The van der Waals surface area contributed by atoms with Crippen LogP contribution in [0.4, 0.5) is 10.1 Å². The van der Waals surface area contributed by atoms with Gasteiger partial charge in [0, 0.05) is 37.4 Å². The van der Waals surface area contributed by atoms with Gasteiger partial charge < -0.3 is 10.6 Å². The van der Waals surface area contributed by atoms with Gasteiger partial charge in [-0.05, 0) is 49.4 Å². The van der Waals surface area contributed by atoms with Crippen molar-refractivity contribution in [2.24, 2.45) is 0 Å². The molecular formula is C22H15BrClFN2O2. The Morgan fingerprint density at radius 3 is 2.72 bits per heavy atom. The van der Waals surface area contributed by atoms with Crippen molar-refractivity contribution in [3.05, 3.63) is 97.7 Å². The first-order chi connectivity index (χ1) is 13.8. The molecule has 0 aliphatic carbocycles. The largest absolute Gasteiger partial charge is 0.341 e. The molecule has 0 spiro atoms. The lowest BCUT2D eigenvalue weighted by Crippen LogP contribution is -2.21. The van der Waals surface area contributed by atoms with Gasteiger partial charge in [0.05, 0.1) is 6.04 Å². The smallest absolute Gasteiger partial charge is 0.255 e. The summed E-state index contributed by atoms with van der Waals surface area (Å²) in [4.78, 5) is 25.4. The number of rotatable bonds is 3. The molecule has 2 N–H and O–H groups in total. The zero-order chi connectivity index (χ0) is 20.7. The molecule has 4 nitrogen and oxygen atoms in total. The number of amides is 2. The number of carbonyl (C=O) groups excluding carboxylic acids is 2. The molecule has 1 atom stereocenters. The minimum atomic E-state index is -0.679. The maximum Gasteiger partial charge on any atom is 0.255 e. The second-order valence-corrected chi connectivity index (χ2v) is 8.13. The molecule has 0 saturated carbocycles. The van der Waals surface area contributed by atoms with E-state index >= 15 is 0 Å². The fraction of sp³-hybridized carbons (Fsp3) is 0.0909. The fourth-order valence-corrected chi connectivity index (χ4v) is 4.14. The molecule has 1 unspecified atom stereocenters. The van der Waals surface area contributed by atoms with Gasteiger partial charge >= 0.3 is 0 Å². The van der Waals surface area contributed by atoms with Crippen molar-refractivity contribution in [2.45, 2.75) is 13.0 Å². The first kappa shape index (κ1) is 19.6. The Morgan fingerprint density at radius 2 is 1.97 bits per heavy atom. The van der Waals surface area contributed by atoms with Crippen LogP contribution in [0, 0.1) is 12.7 Å². The molecule has 0 fully saturated rings. The van der Waals surface area contributed by atoms with Crippen molar-refractivity contribution in [2.75, 3.05) is 5.32 Å². The predicted molar refractivity (Wildman–Crippen MR) is 114 cm³/mol. The SMILES string of the molecule is Cc1cccc(C(=O)Nc2cc(Br)cc3c2C(c2cc(F)ccc2Cl)NC3=O)c1. The first-order valence-corrected chi connectivity index (χ1v) is 9.98. The van der Waals surface area contributed by atoms with Gasteiger partial charge in [0.15, 0.2) is 0 Å². The lowest BCUT2D eigenvalue weighted by atomic mass is 9.96. The number of hydrogen-bond donors (Lipinski definition) is 2. The summed E-state index contributed by atoms with van der Waals surface area (Å²) in [5.41, 5.74) is 3.27. The van der Waals surface area contributed by atoms with Crippen molar-refractivity contribution in [3.63, 3.8) is 0 Å². The van der Waals surface area contributed by atoms with Crippen LogP contribution in [0.3, 0.4) is 0 Å². The summed E-state index contributed by atoms with van der Waals surface area (Å²) in [7, 11) is 0. The van der Waals surface area contributed by atoms with E-state index in [0.29, 0.717) is 37.4 Å². The third kappa shape index (κ3) is 3.78. The maximum atomic E-state index is 13.9. The molecule has 0 saturated heterocycles. The van der Waals surface area contributed by atoms with Crippen molar-refractivity contribution < 1.29 is 14.0 Å². The molecule has 146 valence electrons. The number of halogens is 3. The minimum Gasteiger partial charge on any atom is -0.341 e. The fourth-order valence-electron chi connectivity index (χ4n) is 3.45. The van der Waals surface area contributed by atoms with Gasteiger partial charge in [0.25, 0.3) is 11.8 Å². The molecule has 2 amide bonds. The Balaban J connectivity index is 1.81. The zero-order valence-corrected chi connectivity index (χ0v) is 17.6. The summed E-state index contributed by atoms with van der Waals surface area (Å²) in [6.07, 6.45) is 0. The van der Waals surface area contributed by atoms with E-state index in [1.54, 1.807) is 30.3 Å². The summed E-state index contributed by atoms with van der Waals surface area (Å²) in [5, 5.41) is 6.04. The molecule has 0 radical (unpaired) electrons. The highest BCUT2D eigenvalue weighted by atomic mass is 79.9. The van der Waals surface area contributed by atoms with E-state index in [1.165, 1.54) is 18.2 Å². The highest BCUT2D eigenvalue weighted by Crippen LogP contribution is 2.41. The highest BCUT2D eigenvalue weighted by Gasteiger charge is 2.34. The van der Waals surface area contributed by atoms with Crippen LogP contribution in [0.5, 0.6) is 0 Å². The number of fused-ring (bicyclic) bond motifs is 1. The summed E-state index contributed by atoms with van der Waals surface area (Å²) >= 11 is 9.66. The maximum absolute atomic E-state index is 13.9. The molecule has 7 heteroatoms. The quantitative estimate of drug-likeness (QED) is 0.517. The van der Waals surface area contributed by atoms with E-state index in [9.17, 15) is 14.0 Å². The average Bonchev–Trinajstić information content (AvgIpc) is 3.00. The lowest BCUT2D eigenvalue weighted by molar-refractivity contribution is 0.0959. The molecule has 1 aliphatic rings. The van der Waals surface area contributed by atoms with E-state index in [-0.39, 0.29) is 11.8 Å². The molecule has 0 bridgehead atoms. The van der Waals surface area contributed by atoms with Crippen molar-refractivity contribution >= 4 is 45.0 Å². The van der Waals surface area contributed by atoms with Gasteiger partial charge in [0.1, 0.15) is 5.82 Å². The van der Waals surface area contributed by atoms with E-state index in [2.05, 4.69) is 26.6 Å². The van der Waals surface area contributed by atoms with E-state index < -0.39 is 11.9 Å². The van der Waals surface area contributed by atoms with Crippen molar-refractivity contribution in [3.8, 4) is 0 Å². The Morgan fingerprint density at radius 1 is 1.17 bits per heavy atom. The van der Waals surface area contributed by atoms with Crippen LogP contribution in [-0.2, 0) is 0 Å². The van der Waals surface area contributed by atoms with Crippen molar-refractivity contribution in [1.29, 1.82) is 0 Å². The van der Waals surface area contributed by atoms with E-state index in [1.807, 2.05) is 13.0 Å². The standard InChI is InChI=1S/C22H15BrClFN2O2/c1-11-3-2-4-12(7-11)21(28)26-18-9-13(23)8-16-19(18)20(27-22(16)29)15-10-14(25)5-6-17(15)24/h2-10,20H,1H3,(H,26,28)(H,27,29). The molecule has 29 heavy (non-hydrogen) atoms. The number of aryl methyl sites for hydroxylation is 1. The summed E-state index contributed by atoms with van der Waals surface area (Å²) in [5.74, 6) is -1.09. The van der Waals surface area contributed by atoms with Crippen LogP contribution in [0.2, 0.25) is 5.02 Å². The zero-order valence-electron chi connectivity index (χ0n) is 15.2. The second kappa shape index (κ2) is 7.61. The monoisotopic (exact) mass is 472 g/mol. The summed E-state index contributed by atoms with van der Waals surface area (Å²) in [6, 6.07) is 13.9. The molecule has 3 aromatic carbocycles. The first-order valence-electron chi connectivity index (χ1n) is 8.81. The van der Waals surface area contributed by atoms with Crippen LogP contribution in [0.1, 0.15) is 43.4 Å². The predicted octanol–water partition coefficient (Wildman–Crippen LogP) is 5.64. The third-order valence-corrected chi connectivity index (χ3v) is 5.55. The summed E-state index contributed by atoms with van der Waals surface area (Å²) in [6.45, 7) is 1.90. The van der Waals surface area contributed by atoms with Gasteiger partial charge in [-0.25, -0.2) is 4.39 Å². The summed E-state index contributed by atoms with van der Waals surface area (Å²) < 4.78 is 14.5. The highest BCUT2D eigenvalue weighted by molar-refractivity contribution is 9.10. The Kier molecular flexibility index (Phi) is 5.15. The van der Waals surface area contributed by atoms with Crippen LogP contribution in [0.25, 0.3) is 0 Å². The number of anilines is 1. The van der Waals surface area contributed by atoms with Gasteiger partial charge in [-0.1, -0.05) is 45.2 Å². The molecule has 1 aliphatic heterocycles. The van der Waals surface area contributed by atoms with Gasteiger partial charge in [0.2, 0.25) is 0 Å². The molecular weight excluding hydrogens is 459 g/mol. The lowest BCUT2D eigenvalue weighted by Gasteiger charge is -2.18. The second-order valence-electron chi connectivity index (χ2n) is 6.81. The van der Waals surface area contributed by atoms with Crippen LogP contribution in [0.15, 0.2) is 59.1 Å². The van der Waals surface area contributed by atoms with Gasteiger partial charge in [-0.3, -0.25) is 9.59 Å². The molecule has 4 rings (SSSR count). The average molecular weight is 474 g/mol. The number of benzene rings is 3. The van der Waals surface area contributed by atoms with Gasteiger partial charge in [-0.15, -0.1) is 0 Å². The van der Waals surface area contributed by atoms with Crippen LogP contribution >= 0.6 is 27.5 Å². The van der Waals surface area contributed by atoms with Crippen LogP contribution < -0.4 is 10.6 Å². The Labute approximate surface area is 180 Å². The number of hydrogen-bond acceptors (Lipinski definition) is 2. The molecule has 1 heterocycles. The van der Waals surface area contributed by atoms with E-state index in [4.69, 9.17) is 11.6 Å². The number of carbonyl (C=O) groups is 2. The topological polar surface area (TPSA) is 58.2 Å². The molecule has 0 aromatic heterocycles. The van der Waals surface area contributed by atoms with Crippen molar-refractivity contribution in [1.82, 2.24) is 5.32 Å². The van der Waals surface area contributed by atoms with E-state index in [0.717, 1.165) is 5.56 Å². The third-order valence-electron chi connectivity index (χ3n) is 4.75.